The number of allylic oxidation sites excluding steroid dienone is 3. The Labute approximate surface area is 110 Å². The largest absolute Gasteiger partial charge is 0.353 e. The van der Waals surface area contributed by atoms with Gasteiger partial charge in [0.05, 0.1) is 6.61 Å². The van der Waals surface area contributed by atoms with E-state index < -0.39 is 0 Å². The van der Waals surface area contributed by atoms with Crippen LogP contribution in [0.3, 0.4) is 0 Å². The quantitative estimate of drug-likeness (QED) is 0.396. The zero-order valence-corrected chi connectivity index (χ0v) is 11.5. The van der Waals surface area contributed by atoms with Crippen molar-refractivity contribution in [2.75, 3.05) is 13.2 Å². The smallest absolute Gasteiger partial charge is 0.157 e. The van der Waals surface area contributed by atoms with E-state index in [1.165, 1.54) is 12.0 Å². The second-order valence-electron chi connectivity index (χ2n) is 4.78. The van der Waals surface area contributed by atoms with Crippen LogP contribution in [-0.4, -0.2) is 25.8 Å². The van der Waals surface area contributed by atoms with E-state index in [2.05, 4.69) is 13.0 Å². The molecule has 1 heterocycles. The molecule has 0 saturated carbocycles. The first-order valence-electron chi connectivity index (χ1n) is 6.73. The first-order chi connectivity index (χ1) is 8.72. The van der Waals surface area contributed by atoms with Crippen LogP contribution in [0.5, 0.6) is 0 Å². The molecule has 0 bridgehead atoms. The molecule has 0 radical (unpaired) electrons. The normalized spacial score (nSPS) is 22.0. The molecule has 0 aromatic carbocycles. The lowest BCUT2D eigenvalue weighted by Crippen LogP contribution is -2.22. The first-order valence-corrected chi connectivity index (χ1v) is 6.73. The van der Waals surface area contributed by atoms with Crippen molar-refractivity contribution >= 4 is 6.29 Å². The predicted molar refractivity (Wildman–Crippen MR) is 72.4 cm³/mol. The Morgan fingerprint density at radius 3 is 2.83 bits per heavy atom. The van der Waals surface area contributed by atoms with E-state index in [-0.39, 0.29) is 6.29 Å². The molecule has 1 atom stereocenters. The summed E-state index contributed by atoms with van der Waals surface area (Å²) in [5, 5.41) is 0. The SMILES string of the molecule is C/C(C=O)=C\CC/C(C)=C/COC1CCCCO1. The number of hydrogen-bond donors (Lipinski definition) is 0. The van der Waals surface area contributed by atoms with Crippen molar-refractivity contribution in [2.45, 2.75) is 52.2 Å². The molecule has 1 saturated heterocycles. The van der Waals surface area contributed by atoms with Gasteiger partial charge in [0.25, 0.3) is 0 Å². The minimum atomic E-state index is -0.0139. The van der Waals surface area contributed by atoms with Gasteiger partial charge in [0.2, 0.25) is 0 Å². The van der Waals surface area contributed by atoms with Crippen LogP contribution in [0.4, 0.5) is 0 Å². The summed E-state index contributed by atoms with van der Waals surface area (Å²) in [5.74, 6) is 0. The summed E-state index contributed by atoms with van der Waals surface area (Å²) >= 11 is 0. The predicted octanol–water partition coefficient (Wildman–Crippen LogP) is 3.40. The topological polar surface area (TPSA) is 35.5 Å². The lowest BCUT2D eigenvalue weighted by molar-refractivity contribution is -0.155. The number of rotatable bonds is 7. The maximum Gasteiger partial charge on any atom is 0.157 e. The highest BCUT2D eigenvalue weighted by atomic mass is 16.7. The van der Waals surface area contributed by atoms with Crippen molar-refractivity contribution in [1.82, 2.24) is 0 Å². The third-order valence-electron chi connectivity index (χ3n) is 3.04. The van der Waals surface area contributed by atoms with Gasteiger partial charge in [0, 0.05) is 6.61 Å². The Hall–Kier alpha value is -0.930. The first kappa shape index (κ1) is 15.1. The molecule has 1 rings (SSSR count). The number of aldehydes is 1. The van der Waals surface area contributed by atoms with Gasteiger partial charge in [0.15, 0.2) is 6.29 Å². The van der Waals surface area contributed by atoms with E-state index in [1.54, 1.807) is 0 Å². The van der Waals surface area contributed by atoms with E-state index in [9.17, 15) is 4.79 Å². The molecule has 102 valence electrons. The molecule has 3 nitrogen and oxygen atoms in total. The molecule has 1 unspecified atom stereocenters. The fraction of sp³-hybridized carbons (Fsp3) is 0.667. The molecule has 18 heavy (non-hydrogen) atoms. The number of carbonyl (C=O) groups excluding carboxylic acids is 1. The van der Waals surface area contributed by atoms with Crippen molar-refractivity contribution in [3.63, 3.8) is 0 Å². The number of hydrogen-bond acceptors (Lipinski definition) is 3. The van der Waals surface area contributed by atoms with Gasteiger partial charge in [0.1, 0.15) is 6.29 Å². The molecule has 0 aromatic rings. The molecule has 0 aromatic heterocycles. The van der Waals surface area contributed by atoms with E-state index in [4.69, 9.17) is 9.47 Å². The Balaban J connectivity index is 2.14. The summed E-state index contributed by atoms with van der Waals surface area (Å²) < 4.78 is 11.1. The molecule has 0 spiro atoms. The maximum absolute atomic E-state index is 10.4. The molecule has 1 aliphatic heterocycles. The Morgan fingerprint density at radius 1 is 1.33 bits per heavy atom. The lowest BCUT2D eigenvalue weighted by Gasteiger charge is -2.22. The summed E-state index contributed by atoms with van der Waals surface area (Å²) in [4.78, 5) is 10.4. The van der Waals surface area contributed by atoms with Crippen LogP contribution >= 0.6 is 0 Å². The highest BCUT2D eigenvalue weighted by molar-refractivity contribution is 5.71. The minimum Gasteiger partial charge on any atom is -0.353 e. The number of carbonyl (C=O) groups is 1. The van der Waals surface area contributed by atoms with Gasteiger partial charge in [-0.2, -0.15) is 0 Å². The van der Waals surface area contributed by atoms with E-state index in [1.807, 2.05) is 13.0 Å². The summed E-state index contributed by atoms with van der Waals surface area (Å²) in [7, 11) is 0. The minimum absolute atomic E-state index is 0.0139. The zero-order chi connectivity index (χ0) is 13.2. The summed E-state index contributed by atoms with van der Waals surface area (Å²) in [6.07, 6.45) is 10.2. The molecule has 1 fully saturated rings. The Kier molecular flexibility index (Phi) is 7.62. The maximum atomic E-state index is 10.4. The molecule has 1 aliphatic rings. The van der Waals surface area contributed by atoms with Crippen LogP contribution < -0.4 is 0 Å². The molecular formula is C15H24O3. The summed E-state index contributed by atoms with van der Waals surface area (Å²) in [6, 6.07) is 0. The number of ether oxygens (including phenoxy) is 2. The average molecular weight is 252 g/mol. The van der Waals surface area contributed by atoms with E-state index >= 15 is 0 Å². The molecule has 0 N–H and O–H groups in total. The standard InChI is InChI=1S/C15H24O3/c1-13(6-5-7-14(2)12-16)9-11-18-15-8-3-4-10-17-15/h7,9,12,15H,3-6,8,10-11H2,1-2H3/b13-9+,14-7+. The highest BCUT2D eigenvalue weighted by Gasteiger charge is 2.12. The van der Waals surface area contributed by atoms with Crippen LogP contribution in [0.2, 0.25) is 0 Å². The Bertz CT molecular complexity index is 299. The second-order valence-corrected chi connectivity index (χ2v) is 4.78. The molecular weight excluding hydrogens is 228 g/mol. The van der Waals surface area contributed by atoms with Gasteiger partial charge >= 0.3 is 0 Å². The average Bonchev–Trinajstić information content (AvgIpc) is 2.39. The zero-order valence-electron chi connectivity index (χ0n) is 11.5. The fourth-order valence-electron chi connectivity index (χ4n) is 1.82. The molecule has 0 aliphatic carbocycles. The van der Waals surface area contributed by atoms with Crippen molar-refractivity contribution in [3.05, 3.63) is 23.3 Å². The van der Waals surface area contributed by atoms with Crippen LogP contribution in [0.1, 0.15) is 46.0 Å². The van der Waals surface area contributed by atoms with Gasteiger partial charge in [-0.25, -0.2) is 0 Å². The molecule has 0 amide bonds. The highest BCUT2D eigenvalue weighted by Crippen LogP contribution is 2.14. The van der Waals surface area contributed by atoms with Crippen molar-refractivity contribution < 1.29 is 14.3 Å². The third kappa shape index (κ3) is 6.72. The lowest BCUT2D eigenvalue weighted by atomic mass is 10.1. The van der Waals surface area contributed by atoms with Gasteiger partial charge < -0.3 is 9.47 Å². The second kappa shape index (κ2) is 9.06. The van der Waals surface area contributed by atoms with E-state index in [0.29, 0.717) is 6.61 Å². The fourth-order valence-corrected chi connectivity index (χ4v) is 1.82. The van der Waals surface area contributed by atoms with Gasteiger partial charge in [-0.3, -0.25) is 4.79 Å². The monoisotopic (exact) mass is 252 g/mol. The van der Waals surface area contributed by atoms with Crippen LogP contribution in [0.15, 0.2) is 23.3 Å². The van der Waals surface area contributed by atoms with Crippen LogP contribution in [0, 0.1) is 0 Å². The summed E-state index contributed by atoms with van der Waals surface area (Å²) in [6.45, 7) is 5.36. The van der Waals surface area contributed by atoms with E-state index in [0.717, 1.165) is 44.1 Å². The van der Waals surface area contributed by atoms with Gasteiger partial charge in [-0.05, 0) is 51.5 Å². The van der Waals surface area contributed by atoms with Crippen molar-refractivity contribution in [2.24, 2.45) is 0 Å². The Morgan fingerprint density at radius 2 is 2.17 bits per heavy atom. The molecule has 3 heteroatoms. The van der Waals surface area contributed by atoms with Gasteiger partial charge in [-0.15, -0.1) is 0 Å². The van der Waals surface area contributed by atoms with Crippen molar-refractivity contribution in [1.29, 1.82) is 0 Å². The van der Waals surface area contributed by atoms with Crippen molar-refractivity contribution in [3.8, 4) is 0 Å². The summed E-state index contributed by atoms with van der Waals surface area (Å²) in [5.41, 5.74) is 2.09. The van der Waals surface area contributed by atoms with Crippen LogP contribution in [0.25, 0.3) is 0 Å². The third-order valence-corrected chi connectivity index (χ3v) is 3.04. The van der Waals surface area contributed by atoms with Gasteiger partial charge in [-0.1, -0.05) is 17.7 Å². The van der Waals surface area contributed by atoms with Crippen LogP contribution in [-0.2, 0) is 14.3 Å².